The van der Waals surface area contributed by atoms with E-state index < -0.39 is 0 Å². The molecule has 1 N–H and O–H groups in total. The lowest BCUT2D eigenvalue weighted by Gasteiger charge is -2.06. The SMILES string of the molecule is O=C(COc1ccccc1Br)N/N=C\c1ccccc1Br. The molecule has 0 fully saturated rings. The molecule has 2 aromatic rings. The van der Waals surface area contributed by atoms with E-state index in [4.69, 9.17) is 4.74 Å². The molecule has 0 spiro atoms. The highest BCUT2D eigenvalue weighted by atomic mass is 79.9. The fraction of sp³-hybridized carbons (Fsp3) is 0.0667. The topological polar surface area (TPSA) is 50.7 Å². The maximum absolute atomic E-state index is 11.6. The summed E-state index contributed by atoms with van der Waals surface area (Å²) >= 11 is 6.74. The molecule has 0 atom stereocenters. The zero-order valence-electron chi connectivity index (χ0n) is 10.9. The second kappa shape index (κ2) is 7.95. The minimum Gasteiger partial charge on any atom is -0.483 e. The van der Waals surface area contributed by atoms with Crippen LogP contribution in [-0.2, 0) is 4.79 Å². The number of amides is 1. The molecule has 0 saturated carbocycles. The zero-order valence-corrected chi connectivity index (χ0v) is 14.1. The molecule has 0 heterocycles. The van der Waals surface area contributed by atoms with Crippen LogP contribution in [0.1, 0.15) is 5.56 Å². The van der Waals surface area contributed by atoms with Crippen molar-refractivity contribution in [2.24, 2.45) is 5.10 Å². The molecule has 0 aliphatic rings. The quantitative estimate of drug-likeness (QED) is 0.601. The minimum absolute atomic E-state index is 0.101. The van der Waals surface area contributed by atoms with Gasteiger partial charge >= 0.3 is 0 Å². The van der Waals surface area contributed by atoms with Crippen LogP contribution in [0.2, 0.25) is 0 Å². The summed E-state index contributed by atoms with van der Waals surface area (Å²) in [4.78, 5) is 11.6. The smallest absolute Gasteiger partial charge is 0.277 e. The van der Waals surface area contributed by atoms with Crippen molar-refractivity contribution in [2.45, 2.75) is 0 Å². The molecule has 6 heteroatoms. The molecule has 2 rings (SSSR count). The highest BCUT2D eigenvalue weighted by Gasteiger charge is 2.04. The van der Waals surface area contributed by atoms with Crippen LogP contribution in [0.25, 0.3) is 0 Å². The number of para-hydroxylation sites is 1. The summed E-state index contributed by atoms with van der Waals surface area (Å²) in [5, 5.41) is 3.89. The van der Waals surface area contributed by atoms with Crippen molar-refractivity contribution in [2.75, 3.05) is 6.61 Å². The first-order chi connectivity index (χ1) is 10.2. The van der Waals surface area contributed by atoms with Gasteiger partial charge in [-0.3, -0.25) is 4.79 Å². The van der Waals surface area contributed by atoms with Gasteiger partial charge in [-0.2, -0.15) is 5.10 Å². The Balaban J connectivity index is 1.83. The number of hydrogen-bond donors (Lipinski definition) is 1. The van der Waals surface area contributed by atoms with E-state index in [1.807, 2.05) is 42.5 Å². The van der Waals surface area contributed by atoms with Crippen LogP contribution in [0.5, 0.6) is 5.75 Å². The number of ether oxygens (including phenoxy) is 1. The fourth-order valence-corrected chi connectivity index (χ4v) is 2.28. The van der Waals surface area contributed by atoms with Crippen molar-refractivity contribution in [1.29, 1.82) is 0 Å². The van der Waals surface area contributed by atoms with E-state index >= 15 is 0 Å². The summed E-state index contributed by atoms with van der Waals surface area (Å²) < 4.78 is 7.09. The maximum atomic E-state index is 11.6. The van der Waals surface area contributed by atoms with E-state index in [1.54, 1.807) is 12.3 Å². The van der Waals surface area contributed by atoms with Crippen molar-refractivity contribution in [3.05, 3.63) is 63.0 Å². The lowest BCUT2D eigenvalue weighted by atomic mass is 10.2. The molecule has 0 unspecified atom stereocenters. The van der Waals surface area contributed by atoms with Gasteiger partial charge in [0, 0.05) is 10.0 Å². The van der Waals surface area contributed by atoms with Crippen molar-refractivity contribution in [3.63, 3.8) is 0 Å². The molecule has 0 aliphatic heterocycles. The third-order valence-corrected chi connectivity index (χ3v) is 3.87. The first-order valence-corrected chi connectivity index (χ1v) is 7.69. The summed E-state index contributed by atoms with van der Waals surface area (Å²) in [5.41, 5.74) is 3.30. The lowest BCUT2D eigenvalue weighted by molar-refractivity contribution is -0.123. The number of nitrogens with one attached hydrogen (secondary N) is 1. The Bertz CT molecular complexity index is 660. The van der Waals surface area contributed by atoms with E-state index in [2.05, 4.69) is 42.4 Å². The number of carbonyl (C=O) groups is 1. The predicted molar refractivity (Wildman–Crippen MR) is 89.5 cm³/mol. The fourth-order valence-electron chi connectivity index (χ4n) is 1.49. The molecule has 21 heavy (non-hydrogen) atoms. The van der Waals surface area contributed by atoms with Crippen molar-refractivity contribution in [3.8, 4) is 5.75 Å². The number of rotatable bonds is 5. The highest BCUT2D eigenvalue weighted by Crippen LogP contribution is 2.23. The van der Waals surface area contributed by atoms with E-state index in [9.17, 15) is 4.79 Å². The average molecular weight is 412 g/mol. The number of hydrazone groups is 1. The first-order valence-electron chi connectivity index (χ1n) is 6.10. The molecule has 0 aromatic heterocycles. The molecule has 2 aromatic carbocycles. The molecule has 0 radical (unpaired) electrons. The summed E-state index contributed by atoms with van der Waals surface area (Å²) in [6, 6.07) is 14.9. The van der Waals surface area contributed by atoms with Crippen molar-refractivity contribution < 1.29 is 9.53 Å². The molecule has 0 saturated heterocycles. The molecular weight excluding hydrogens is 400 g/mol. The Hall–Kier alpha value is -1.66. The summed E-state index contributed by atoms with van der Waals surface area (Å²) in [6.45, 7) is -0.101. The second-order valence-electron chi connectivity index (χ2n) is 4.03. The summed E-state index contributed by atoms with van der Waals surface area (Å²) in [5.74, 6) is 0.288. The van der Waals surface area contributed by atoms with Crippen molar-refractivity contribution >= 4 is 44.0 Å². The van der Waals surface area contributed by atoms with E-state index in [1.165, 1.54) is 0 Å². The van der Waals surface area contributed by atoms with Gasteiger partial charge in [0.25, 0.3) is 5.91 Å². The van der Waals surface area contributed by atoms with Gasteiger partial charge in [-0.1, -0.05) is 46.3 Å². The monoisotopic (exact) mass is 410 g/mol. The van der Waals surface area contributed by atoms with Gasteiger partial charge in [0.05, 0.1) is 10.7 Å². The Labute approximate surface area is 139 Å². The number of halogens is 2. The normalized spacial score (nSPS) is 10.6. The number of carbonyl (C=O) groups excluding carboxylic acids is 1. The summed E-state index contributed by atoms with van der Waals surface area (Å²) in [7, 11) is 0. The Kier molecular flexibility index (Phi) is 5.95. The largest absolute Gasteiger partial charge is 0.483 e. The van der Waals surface area contributed by atoms with E-state index in [0.29, 0.717) is 5.75 Å². The number of benzene rings is 2. The highest BCUT2D eigenvalue weighted by molar-refractivity contribution is 9.10. The van der Waals surface area contributed by atoms with Gasteiger partial charge in [0.2, 0.25) is 0 Å². The number of hydrogen-bond acceptors (Lipinski definition) is 3. The zero-order chi connectivity index (χ0) is 15.1. The first kappa shape index (κ1) is 15.7. The van der Waals surface area contributed by atoms with Crippen LogP contribution in [0.3, 0.4) is 0 Å². The minimum atomic E-state index is -0.325. The molecule has 0 aliphatic carbocycles. The third kappa shape index (κ3) is 4.99. The van der Waals surface area contributed by atoms with Gasteiger partial charge in [-0.15, -0.1) is 0 Å². The molecule has 108 valence electrons. The Morgan fingerprint density at radius 1 is 1.10 bits per heavy atom. The molecule has 0 bridgehead atoms. The van der Waals surface area contributed by atoms with Crippen molar-refractivity contribution in [1.82, 2.24) is 5.43 Å². The van der Waals surface area contributed by atoms with Gasteiger partial charge in [0.1, 0.15) is 5.75 Å². The van der Waals surface area contributed by atoms with E-state index in [0.717, 1.165) is 14.5 Å². The average Bonchev–Trinajstić information content (AvgIpc) is 2.48. The van der Waals surface area contributed by atoms with Gasteiger partial charge in [-0.25, -0.2) is 5.43 Å². The van der Waals surface area contributed by atoms with Crippen LogP contribution in [0.4, 0.5) is 0 Å². The molecule has 1 amide bonds. The summed E-state index contributed by atoms with van der Waals surface area (Å²) in [6.07, 6.45) is 1.57. The van der Waals surface area contributed by atoms with Crippen LogP contribution in [-0.4, -0.2) is 18.7 Å². The van der Waals surface area contributed by atoms with Crippen LogP contribution < -0.4 is 10.2 Å². The van der Waals surface area contributed by atoms with Crippen LogP contribution in [0.15, 0.2) is 62.6 Å². The van der Waals surface area contributed by atoms with Crippen LogP contribution >= 0.6 is 31.9 Å². The number of nitrogens with zero attached hydrogens (tertiary/aromatic N) is 1. The standard InChI is InChI=1S/C15H12Br2N2O2/c16-12-6-2-1-5-11(12)9-18-19-15(20)10-21-14-8-4-3-7-13(14)17/h1-9H,10H2,(H,19,20)/b18-9-. The van der Waals surface area contributed by atoms with E-state index in [-0.39, 0.29) is 12.5 Å². The van der Waals surface area contributed by atoms with Gasteiger partial charge in [-0.05, 0) is 34.1 Å². The maximum Gasteiger partial charge on any atom is 0.277 e. The van der Waals surface area contributed by atoms with Crippen LogP contribution in [0, 0.1) is 0 Å². The molecular formula is C15H12Br2N2O2. The lowest BCUT2D eigenvalue weighted by Crippen LogP contribution is -2.24. The Morgan fingerprint density at radius 3 is 2.48 bits per heavy atom. The van der Waals surface area contributed by atoms with Gasteiger partial charge in [0.15, 0.2) is 6.61 Å². The Morgan fingerprint density at radius 2 is 1.76 bits per heavy atom. The second-order valence-corrected chi connectivity index (χ2v) is 5.74. The van der Waals surface area contributed by atoms with Gasteiger partial charge < -0.3 is 4.74 Å². The predicted octanol–water partition coefficient (Wildman–Crippen LogP) is 3.74. The molecule has 4 nitrogen and oxygen atoms in total. The third-order valence-electron chi connectivity index (χ3n) is 2.49.